The van der Waals surface area contributed by atoms with Gasteiger partial charge in [0.05, 0.1) is 40.3 Å². The van der Waals surface area contributed by atoms with Gasteiger partial charge in [0, 0.05) is 35.9 Å². The van der Waals surface area contributed by atoms with Crippen molar-refractivity contribution in [2.24, 2.45) is 5.92 Å². The van der Waals surface area contributed by atoms with Crippen LogP contribution in [0.3, 0.4) is 0 Å². The van der Waals surface area contributed by atoms with Crippen LogP contribution in [0, 0.1) is 5.92 Å². The van der Waals surface area contributed by atoms with Crippen molar-refractivity contribution in [1.82, 2.24) is 19.9 Å². The Hall–Kier alpha value is -2.40. The Labute approximate surface area is 229 Å². The number of carbonyl (C=O) groups excluding carboxylic acids is 1. The van der Waals surface area contributed by atoms with Gasteiger partial charge in [-0.15, -0.1) is 22.7 Å². The molecule has 5 heterocycles. The first-order chi connectivity index (χ1) is 17.9. The molecular weight excluding hydrogens is 530 g/mol. The van der Waals surface area contributed by atoms with E-state index in [1.54, 1.807) is 28.9 Å². The lowest BCUT2D eigenvalue weighted by Gasteiger charge is -2.30. The molecule has 3 aromatic rings. The summed E-state index contributed by atoms with van der Waals surface area (Å²) in [5.41, 5.74) is 1.24. The standard InChI is InChI=1S/C26H30ClN5O3S2/c1-2-18-4-3-7-32(18)14-22-25(21-10-17(27)15-36-21)30-24(37-22)11-20(33)19-12-29-23(13-28-19)31-8-5-16(6-9-31)26(34)35/h10,12-13,15-16,18H,2-9,11,14H2,1H3,(H,34,35). The number of Topliss-reactive ketones (excluding diaryl/α,β-unsaturated/α-hetero) is 1. The van der Waals surface area contributed by atoms with E-state index >= 15 is 0 Å². The predicted octanol–water partition coefficient (Wildman–Crippen LogP) is 5.42. The highest BCUT2D eigenvalue weighted by atomic mass is 35.5. The van der Waals surface area contributed by atoms with E-state index in [0.717, 1.165) is 35.1 Å². The molecule has 0 saturated carbocycles. The van der Waals surface area contributed by atoms with Crippen LogP contribution in [0.25, 0.3) is 10.6 Å². The van der Waals surface area contributed by atoms with Crippen molar-refractivity contribution < 1.29 is 14.7 Å². The average Bonchev–Trinajstić information content (AvgIpc) is 3.64. The number of likely N-dealkylation sites (tertiary alicyclic amines) is 1. The number of anilines is 1. The van der Waals surface area contributed by atoms with Crippen LogP contribution in [-0.4, -0.2) is 62.4 Å². The van der Waals surface area contributed by atoms with Crippen molar-refractivity contribution in [1.29, 1.82) is 0 Å². The van der Waals surface area contributed by atoms with Crippen LogP contribution in [0.1, 0.15) is 59.4 Å². The normalized spacial score (nSPS) is 19.0. The molecule has 3 aromatic heterocycles. The van der Waals surface area contributed by atoms with Gasteiger partial charge >= 0.3 is 5.97 Å². The number of thiophene rings is 1. The van der Waals surface area contributed by atoms with E-state index < -0.39 is 5.97 Å². The van der Waals surface area contributed by atoms with Crippen LogP contribution in [0.2, 0.25) is 5.02 Å². The van der Waals surface area contributed by atoms with Crippen molar-refractivity contribution in [3.63, 3.8) is 0 Å². The highest BCUT2D eigenvalue weighted by Crippen LogP contribution is 2.36. The minimum Gasteiger partial charge on any atom is -0.481 e. The molecule has 5 rings (SSSR count). The SMILES string of the molecule is CCC1CCCN1Cc1sc(CC(=O)c2cnc(N3CCC(C(=O)O)CC3)cn2)nc1-c1cc(Cl)cs1. The maximum atomic E-state index is 13.1. The Morgan fingerprint density at radius 2 is 1.97 bits per heavy atom. The van der Waals surface area contributed by atoms with Gasteiger partial charge < -0.3 is 10.0 Å². The lowest BCUT2D eigenvalue weighted by Crippen LogP contribution is -2.36. The number of thiazole rings is 1. The molecule has 37 heavy (non-hydrogen) atoms. The largest absolute Gasteiger partial charge is 0.481 e. The van der Waals surface area contributed by atoms with E-state index in [9.17, 15) is 14.7 Å². The van der Waals surface area contributed by atoms with Gasteiger partial charge in [-0.1, -0.05) is 18.5 Å². The van der Waals surface area contributed by atoms with Crippen LogP contribution in [-0.2, 0) is 17.8 Å². The van der Waals surface area contributed by atoms with Gasteiger partial charge in [0.1, 0.15) is 16.5 Å². The lowest BCUT2D eigenvalue weighted by atomic mass is 9.97. The number of hydrogen-bond acceptors (Lipinski definition) is 9. The van der Waals surface area contributed by atoms with Gasteiger partial charge in [-0.25, -0.2) is 15.0 Å². The van der Waals surface area contributed by atoms with Crippen molar-refractivity contribution in [2.45, 2.75) is 58.0 Å². The smallest absolute Gasteiger partial charge is 0.306 e. The van der Waals surface area contributed by atoms with Crippen molar-refractivity contribution in [3.8, 4) is 10.6 Å². The summed E-state index contributed by atoms with van der Waals surface area (Å²) in [4.78, 5) is 44.7. The van der Waals surface area contributed by atoms with Crippen LogP contribution in [0.4, 0.5) is 5.82 Å². The number of carbonyl (C=O) groups is 2. The quantitative estimate of drug-likeness (QED) is 0.347. The van der Waals surface area contributed by atoms with Gasteiger partial charge in [-0.3, -0.25) is 14.5 Å². The zero-order chi connectivity index (χ0) is 25.9. The zero-order valence-electron chi connectivity index (χ0n) is 20.7. The number of aromatic nitrogens is 3. The summed E-state index contributed by atoms with van der Waals surface area (Å²) in [5.74, 6) is -0.494. The fourth-order valence-electron chi connectivity index (χ4n) is 5.17. The maximum absolute atomic E-state index is 13.1. The maximum Gasteiger partial charge on any atom is 0.306 e. The molecule has 1 N–H and O–H groups in total. The molecule has 196 valence electrons. The molecule has 0 aliphatic carbocycles. The fraction of sp³-hybridized carbons (Fsp3) is 0.500. The molecule has 1 unspecified atom stereocenters. The van der Waals surface area contributed by atoms with Gasteiger partial charge in [-0.2, -0.15) is 0 Å². The van der Waals surface area contributed by atoms with Crippen LogP contribution < -0.4 is 4.90 Å². The van der Waals surface area contributed by atoms with Gasteiger partial charge in [0.25, 0.3) is 0 Å². The van der Waals surface area contributed by atoms with Crippen LogP contribution in [0.5, 0.6) is 0 Å². The number of aliphatic carboxylic acids is 1. The average molecular weight is 560 g/mol. The van der Waals surface area contributed by atoms with E-state index in [4.69, 9.17) is 16.6 Å². The topological polar surface area (TPSA) is 99.5 Å². The van der Waals surface area contributed by atoms with Gasteiger partial charge in [-0.05, 0) is 44.7 Å². The summed E-state index contributed by atoms with van der Waals surface area (Å²) >= 11 is 9.39. The summed E-state index contributed by atoms with van der Waals surface area (Å²) in [7, 11) is 0. The van der Waals surface area contributed by atoms with Crippen LogP contribution in [0.15, 0.2) is 23.8 Å². The molecular formula is C26H30ClN5O3S2. The number of hydrogen-bond donors (Lipinski definition) is 1. The summed E-state index contributed by atoms with van der Waals surface area (Å²) in [6, 6.07) is 2.54. The molecule has 0 amide bonds. The molecule has 2 saturated heterocycles. The number of halogens is 1. The van der Waals surface area contributed by atoms with Gasteiger partial charge in [0.15, 0.2) is 5.78 Å². The number of nitrogens with zero attached hydrogens (tertiary/aromatic N) is 5. The predicted molar refractivity (Wildman–Crippen MR) is 147 cm³/mol. The number of rotatable bonds is 9. The van der Waals surface area contributed by atoms with E-state index in [1.807, 2.05) is 16.3 Å². The Morgan fingerprint density at radius 3 is 2.62 bits per heavy atom. The van der Waals surface area contributed by atoms with E-state index in [2.05, 4.69) is 21.8 Å². The summed E-state index contributed by atoms with van der Waals surface area (Å²) < 4.78 is 0. The number of carboxylic acid groups (broad SMARTS) is 1. The zero-order valence-corrected chi connectivity index (χ0v) is 23.1. The molecule has 8 nitrogen and oxygen atoms in total. The molecule has 2 fully saturated rings. The number of piperidine rings is 1. The highest BCUT2D eigenvalue weighted by molar-refractivity contribution is 7.15. The van der Waals surface area contributed by atoms with E-state index in [1.165, 1.54) is 23.9 Å². The molecule has 1 atom stereocenters. The number of carboxylic acids is 1. The first kappa shape index (κ1) is 26.2. The first-order valence-electron chi connectivity index (χ1n) is 12.7. The Balaban J connectivity index is 1.29. The lowest BCUT2D eigenvalue weighted by molar-refractivity contribution is -0.142. The molecule has 0 bridgehead atoms. The van der Waals surface area contributed by atoms with Crippen molar-refractivity contribution in [3.05, 3.63) is 44.4 Å². The molecule has 11 heteroatoms. The Morgan fingerprint density at radius 1 is 1.16 bits per heavy atom. The van der Waals surface area contributed by atoms with Crippen LogP contribution >= 0.6 is 34.3 Å². The Kier molecular flexibility index (Phi) is 8.18. The minimum atomic E-state index is -0.743. The fourth-order valence-corrected chi connectivity index (χ4v) is 7.44. The third-order valence-electron chi connectivity index (χ3n) is 7.26. The van der Waals surface area contributed by atoms with E-state index in [0.29, 0.717) is 48.5 Å². The van der Waals surface area contributed by atoms with Crippen molar-refractivity contribution in [2.75, 3.05) is 24.5 Å². The second-order valence-corrected chi connectivity index (χ2v) is 12.2. The van der Waals surface area contributed by atoms with Gasteiger partial charge in [0.2, 0.25) is 0 Å². The summed E-state index contributed by atoms with van der Waals surface area (Å²) in [5, 5.41) is 12.6. The first-order valence-corrected chi connectivity index (χ1v) is 14.8. The van der Waals surface area contributed by atoms with Crippen molar-refractivity contribution >= 4 is 51.8 Å². The monoisotopic (exact) mass is 559 g/mol. The Bertz CT molecular complexity index is 1250. The molecule has 0 spiro atoms. The summed E-state index contributed by atoms with van der Waals surface area (Å²) in [6.07, 6.45) is 8.05. The van der Waals surface area contributed by atoms with E-state index in [-0.39, 0.29) is 18.1 Å². The minimum absolute atomic E-state index is 0.118. The highest BCUT2D eigenvalue weighted by Gasteiger charge is 2.27. The third-order valence-corrected chi connectivity index (χ3v) is 9.59. The second-order valence-electron chi connectivity index (χ2n) is 9.64. The molecule has 0 radical (unpaired) electrons. The molecule has 2 aliphatic heterocycles. The molecule has 0 aromatic carbocycles. The molecule has 2 aliphatic rings. The third kappa shape index (κ3) is 6.03. The number of ketones is 1. The second kappa shape index (κ2) is 11.6. The summed E-state index contributed by atoms with van der Waals surface area (Å²) in [6.45, 7) is 5.40.